The SMILES string of the molecule is Cc1nn(C(C)(C)C)c(C)c1CN. The molecule has 0 aliphatic carbocycles. The molecule has 0 aromatic carbocycles. The lowest BCUT2D eigenvalue weighted by atomic mass is 10.1. The maximum atomic E-state index is 5.65. The minimum absolute atomic E-state index is 0.0439. The molecular formula is C10H19N3. The van der Waals surface area contributed by atoms with Crippen molar-refractivity contribution in [3.63, 3.8) is 0 Å². The molecule has 0 spiro atoms. The van der Waals surface area contributed by atoms with Crippen LogP contribution in [0.3, 0.4) is 0 Å². The second kappa shape index (κ2) is 3.14. The summed E-state index contributed by atoms with van der Waals surface area (Å²) < 4.78 is 2.05. The van der Waals surface area contributed by atoms with Crippen LogP contribution >= 0.6 is 0 Å². The fourth-order valence-electron chi connectivity index (χ4n) is 1.62. The van der Waals surface area contributed by atoms with Crippen molar-refractivity contribution < 1.29 is 0 Å². The summed E-state index contributed by atoms with van der Waals surface area (Å²) in [6.45, 7) is 11.1. The third kappa shape index (κ3) is 1.75. The zero-order valence-corrected chi connectivity index (χ0v) is 9.18. The van der Waals surface area contributed by atoms with Gasteiger partial charge in [-0.15, -0.1) is 0 Å². The Bertz CT molecular complexity index is 305. The lowest BCUT2D eigenvalue weighted by Crippen LogP contribution is -2.24. The third-order valence-electron chi connectivity index (χ3n) is 2.28. The number of nitrogens with two attached hydrogens (primary N) is 1. The number of rotatable bonds is 1. The smallest absolute Gasteiger partial charge is 0.0641 e. The molecule has 0 unspecified atom stereocenters. The second-order valence-corrected chi connectivity index (χ2v) is 4.44. The van der Waals surface area contributed by atoms with Gasteiger partial charge in [0.1, 0.15) is 0 Å². The largest absolute Gasteiger partial charge is 0.326 e. The molecule has 1 heterocycles. The van der Waals surface area contributed by atoms with Gasteiger partial charge in [0.05, 0.1) is 11.2 Å². The molecule has 13 heavy (non-hydrogen) atoms. The van der Waals surface area contributed by atoms with E-state index >= 15 is 0 Å². The summed E-state index contributed by atoms with van der Waals surface area (Å²) >= 11 is 0. The standard InChI is InChI=1S/C10H19N3/c1-7-9(6-11)8(2)13(12-7)10(3,4)5/h6,11H2,1-5H3. The van der Waals surface area contributed by atoms with Gasteiger partial charge in [0.15, 0.2) is 0 Å². The van der Waals surface area contributed by atoms with E-state index in [2.05, 4.69) is 32.8 Å². The highest BCUT2D eigenvalue weighted by atomic mass is 15.3. The predicted octanol–water partition coefficient (Wildman–Crippen LogP) is 1.71. The van der Waals surface area contributed by atoms with Crippen LogP contribution in [0.2, 0.25) is 0 Å². The maximum absolute atomic E-state index is 5.65. The average molecular weight is 181 g/mol. The van der Waals surface area contributed by atoms with Gasteiger partial charge in [0.25, 0.3) is 0 Å². The molecule has 0 saturated heterocycles. The highest BCUT2D eigenvalue weighted by Gasteiger charge is 2.19. The number of hydrogen-bond acceptors (Lipinski definition) is 2. The number of aromatic nitrogens is 2. The normalized spacial score (nSPS) is 12.2. The first kappa shape index (κ1) is 10.3. The van der Waals surface area contributed by atoms with E-state index in [1.807, 2.05) is 11.6 Å². The van der Waals surface area contributed by atoms with Crippen molar-refractivity contribution in [2.24, 2.45) is 5.73 Å². The van der Waals surface area contributed by atoms with E-state index in [1.165, 1.54) is 11.3 Å². The molecule has 0 saturated carbocycles. The maximum Gasteiger partial charge on any atom is 0.0641 e. The third-order valence-corrected chi connectivity index (χ3v) is 2.28. The minimum Gasteiger partial charge on any atom is -0.326 e. The summed E-state index contributed by atoms with van der Waals surface area (Å²) in [5.41, 5.74) is 9.11. The molecule has 0 radical (unpaired) electrons. The Balaban J connectivity index is 3.26. The Kier molecular flexibility index (Phi) is 2.48. The van der Waals surface area contributed by atoms with Crippen molar-refractivity contribution in [2.75, 3.05) is 0 Å². The van der Waals surface area contributed by atoms with Crippen molar-refractivity contribution in [3.05, 3.63) is 17.0 Å². The molecule has 2 N–H and O–H groups in total. The summed E-state index contributed by atoms with van der Waals surface area (Å²) in [6, 6.07) is 0. The zero-order valence-electron chi connectivity index (χ0n) is 9.18. The first-order valence-corrected chi connectivity index (χ1v) is 4.63. The Hall–Kier alpha value is -0.830. The molecule has 0 aliphatic rings. The van der Waals surface area contributed by atoms with Crippen LogP contribution in [-0.4, -0.2) is 9.78 Å². The number of aryl methyl sites for hydroxylation is 1. The second-order valence-electron chi connectivity index (χ2n) is 4.44. The van der Waals surface area contributed by atoms with Crippen LogP contribution in [0, 0.1) is 13.8 Å². The van der Waals surface area contributed by atoms with Crippen LogP contribution in [0.4, 0.5) is 0 Å². The number of hydrogen-bond donors (Lipinski definition) is 1. The van der Waals surface area contributed by atoms with Crippen LogP contribution in [0.15, 0.2) is 0 Å². The first-order valence-electron chi connectivity index (χ1n) is 4.63. The van der Waals surface area contributed by atoms with Gasteiger partial charge in [-0.25, -0.2) is 0 Å². The summed E-state index contributed by atoms with van der Waals surface area (Å²) in [6.07, 6.45) is 0. The van der Waals surface area contributed by atoms with E-state index in [-0.39, 0.29) is 5.54 Å². The molecule has 0 fully saturated rings. The van der Waals surface area contributed by atoms with Gasteiger partial charge in [-0.3, -0.25) is 4.68 Å². The summed E-state index contributed by atoms with van der Waals surface area (Å²) in [5.74, 6) is 0. The van der Waals surface area contributed by atoms with E-state index in [0.29, 0.717) is 6.54 Å². The van der Waals surface area contributed by atoms with Gasteiger partial charge in [-0.1, -0.05) is 0 Å². The van der Waals surface area contributed by atoms with Crippen molar-refractivity contribution in [1.29, 1.82) is 0 Å². The van der Waals surface area contributed by atoms with Crippen molar-refractivity contribution >= 4 is 0 Å². The van der Waals surface area contributed by atoms with Crippen LogP contribution in [0.1, 0.15) is 37.7 Å². The van der Waals surface area contributed by atoms with E-state index < -0.39 is 0 Å². The van der Waals surface area contributed by atoms with Crippen LogP contribution in [0.5, 0.6) is 0 Å². The molecule has 3 nitrogen and oxygen atoms in total. The van der Waals surface area contributed by atoms with E-state index in [1.54, 1.807) is 0 Å². The van der Waals surface area contributed by atoms with Gasteiger partial charge in [-0.2, -0.15) is 5.10 Å². The fourth-order valence-corrected chi connectivity index (χ4v) is 1.62. The van der Waals surface area contributed by atoms with Crippen LogP contribution < -0.4 is 5.73 Å². The fraction of sp³-hybridized carbons (Fsp3) is 0.700. The molecule has 0 aliphatic heterocycles. The van der Waals surface area contributed by atoms with Crippen molar-refractivity contribution in [3.8, 4) is 0 Å². The molecule has 0 amide bonds. The molecule has 1 aromatic heterocycles. The molecule has 0 atom stereocenters. The number of nitrogens with zero attached hydrogens (tertiary/aromatic N) is 2. The molecule has 74 valence electrons. The quantitative estimate of drug-likeness (QED) is 0.716. The van der Waals surface area contributed by atoms with Crippen LogP contribution in [0.25, 0.3) is 0 Å². The molecule has 1 rings (SSSR count). The van der Waals surface area contributed by atoms with Gasteiger partial charge in [0, 0.05) is 17.8 Å². The summed E-state index contributed by atoms with van der Waals surface area (Å²) in [7, 11) is 0. The van der Waals surface area contributed by atoms with Crippen molar-refractivity contribution in [1.82, 2.24) is 9.78 Å². The first-order chi connectivity index (χ1) is 5.88. The van der Waals surface area contributed by atoms with Gasteiger partial charge < -0.3 is 5.73 Å². The highest BCUT2D eigenvalue weighted by Crippen LogP contribution is 2.20. The minimum atomic E-state index is 0.0439. The Morgan fingerprint density at radius 2 is 1.85 bits per heavy atom. The Morgan fingerprint density at radius 3 is 2.08 bits per heavy atom. The summed E-state index contributed by atoms with van der Waals surface area (Å²) in [4.78, 5) is 0. The Labute approximate surface area is 79.9 Å². The van der Waals surface area contributed by atoms with Crippen molar-refractivity contribution in [2.45, 2.75) is 46.7 Å². The Morgan fingerprint density at radius 1 is 1.31 bits per heavy atom. The molecule has 1 aromatic rings. The molecule has 0 bridgehead atoms. The van der Waals surface area contributed by atoms with E-state index in [0.717, 1.165) is 5.69 Å². The lowest BCUT2D eigenvalue weighted by molar-refractivity contribution is 0.346. The zero-order chi connectivity index (χ0) is 10.2. The molecule has 3 heteroatoms. The van der Waals surface area contributed by atoms with Gasteiger partial charge in [0.2, 0.25) is 0 Å². The highest BCUT2D eigenvalue weighted by molar-refractivity contribution is 5.24. The lowest BCUT2D eigenvalue weighted by Gasteiger charge is -2.21. The summed E-state index contributed by atoms with van der Waals surface area (Å²) in [5, 5.41) is 4.49. The topological polar surface area (TPSA) is 43.8 Å². The monoisotopic (exact) mass is 181 g/mol. The van der Waals surface area contributed by atoms with Crippen LogP contribution in [-0.2, 0) is 12.1 Å². The molecular weight excluding hydrogens is 162 g/mol. The van der Waals surface area contributed by atoms with Gasteiger partial charge >= 0.3 is 0 Å². The predicted molar refractivity (Wildman–Crippen MR) is 54.6 cm³/mol. The van der Waals surface area contributed by atoms with Gasteiger partial charge in [-0.05, 0) is 34.6 Å². The van der Waals surface area contributed by atoms with E-state index in [9.17, 15) is 0 Å². The average Bonchev–Trinajstić information content (AvgIpc) is 2.25. The van der Waals surface area contributed by atoms with E-state index in [4.69, 9.17) is 5.73 Å².